The van der Waals surface area contributed by atoms with Gasteiger partial charge in [0.2, 0.25) is 0 Å². The summed E-state index contributed by atoms with van der Waals surface area (Å²) in [5.74, 6) is -0.178. The first-order valence-corrected chi connectivity index (χ1v) is 8.30. The fourth-order valence-electron chi connectivity index (χ4n) is 1.52. The third-order valence-corrected chi connectivity index (χ3v) is 4.43. The lowest BCUT2D eigenvalue weighted by Crippen LogP contribution is -2.35. The van der Waals surface area contributed by atoms with Crippen LogP contribution < -0.4 is 5.32 Å². The molecule has 1 aromatic rings. The molecule has 1 aliphatic rings. The van der Waals surface area contributed by atoms with Crippen molar-refractivity contribution in [1.82, 2.24) is 4.90 Å². The average Bonchev–Trinajstić information content (AvgIpc) is 2.60. The topological polar surface area (TPSA) is 49.4 Å². The molecule has 4 nitrogen and oxygen atoms in total. The summed E-state index contributed by atoms with van der Waals surface area (Å²) in [6.07, 6.45) is 0. The standard InChI is InChI=1S/C11H10BrIN2O2S/c12-5-6-15-10(16)9(18-11(15)17)14-8-3-1-7(13)2-4-8/h1-4,9,14H,5-6H2/t9-/m1/s1. The molecule has 7 heteroatoms. The third-order valence-electron chi connectivity index (χ3n) is 2.38. The first-order chi connectivity index (χ1) is 8.61. The Kier molecular flexibility index (Phi) is 4.91. The molecular weight excluding hydrogens is 431 g/mol. The largest absolute Gasteiger partial charge is 0.365 e. The molecule has 0 unspecified atom stereocenters. The van der Waals surface area contributed by atoms with Gasteiger partial charge in [-0.2, -0.15) is 0 Å². The Labute approximate surface area is 131 Å². The number of amides is 2. The smallest absolute Gasteiger partial charge is 0.290 e. The Bertz CT molecular complexity index is 469. The number of rotatable bonds is 4. The average molecular weight is 441 g/mol. The molecule has 2 amide bonds. The van der Waals surface area contributed by atoms with Crippen molar-refractivity contribution in [3.63, 3.8) is 0 Å². The van der Waals surface area contributed by atoms with Crippen molar-refractivity contribution in [1.29, 1.82) is 0 Å². The minimum atomic E-state index is -0.517. The van der Waals surface area contributed by atoms with Gasteiger partial charge in [0.05, 0.1) is 0 Å². The number of nitrogens with zero attached hydrogens (tertiary/aromatic N) is 1. The maximum atomic E-state index is 12.0. The van der Waals surface area contributed by atoms with Gasteiger partial charge in [0, 0.05) is 21.1 Å². The number of thioether (sulfide) groups is 1. The van der Waals surface area contributed by atoms with E-state index in [1.165, 1.54) is 4.90 Å². The first-order valence-electron chi connectivity index (χ1n) is 5.22. The molecule has 1 heterocycles. The van der Waals surface area contributed by atoms with E-state index in [-0.39, 0.29) is 11.1 Å². The van der Waals surface area contributed by atoms with E-state index in [4.69, 9.17) is 0 Å². The van der Waals surface area contributed by atoms with Crippen molar-refractivity contribution >= 4 is 67.1 Å². The summed E-state index contributed by atoms with van der Waals surface area (Å²) in [5, 5.41) is 2.96. The van der Waals surface area contributed by atoms with Crippen LogP contribution >= 0.6 is 50.3 Å². The molecule has 1 aromatic carbocycles. The van der Waals surface area contributed by atoms with Gasteiger partial charge in [-0.25, -0.2) is 0 Å². The number of anilines is 1. The van der Waals surface area contributed by atoms with Crippen molar-refractivity contribution in [2.24, 2.45) is 0 Å². The number of hydrogen-bond acceptors (Lipinski definition) is 4. The second-order valence-electron chi connectivity index (χ2n) is 3.59. The zero-order chi connectivity index (χ0) is 13.1. The Hall–Kier alpha value is -0.280. The Morgan fingerprint density at radius 1 is 1.33 bits per heavy atom. The van der Waals surface area contributed by atoms with Crippen LogP contribution in [0.3, 0.4) is 0 Å². The number of benzene rings is 1. The number of nitrogens with one attached hydrogen (secondary N) is 1. The zero-order valence-electron chi connectivity index (χ0n) is 9.23. The fourth-order valence-corrected chi connectivity index (χ4v) is 3.17. The van der Waals surface area contributed by atoms with E-state index < -0.39 is 5.37 Å². The number of halogens is 2. The Morgan fingerprint density at radius 2 is 2.00 bits per heavy atom. The van der Waals surface area contributed by atoms with E-state index >= 15 is 0 Å². The second-order valence-corrected chi connectivity index (χ2v) is 6.69. The predicted molar refractivity (Wildman–Crippen MR) is 85.1 cm³/mol. The third kappa shape index (κ3) is 3.18. The van der Waals surface area contributed by atoms with E-state index in [9.17, 15) is 9.59 Å². The molecule has 0 aromatic heterocycles. The molecule has 18 heavy (non-hydrogen) atoms. The van der Waals surface area contributed by atoms with E-state index in [1.807, 2.05) is 24.3 Å². The zero-order valence-corrected chi connectivity index (χ0v) is 13.8. The predicted octanol–water partition coefficient (Wildman–Crippen LogP) is 3.12. The first kappa shape index (κ1) is 14.1. The van der Waals surface area contributed by atoms with E-state index in [2.05, 4.69) is 43.8 Å². The van der Waals surface area contributed by atoms with Gasteiger partial charge in [0.1, 0.15) is 0 Å². The number of alkyl halides is 1. The number of carbonyl (C=O) groups is 2. The molecule has 1 fully saturated rings. The highest BCUT2D eigenvalue weighted by atomic mass is 127. The molecule has 0 saturated carbocycles. The molecule has 0 bridgehead atoms. The van der Waals surface area contributed by atoms with Gasteiger partial charge in [-0.05, 0) is 58.6 Å². The highest BCUT2D eigenvalue weighted by Gasteiger charge is 2.39. The number of carbonyl (C=O) groups excluding carboxylic acids is 2. The lowest BCUT2D eigenvalue weighted by atomic mass is 10.3. The lowest BCUT2D eigenvalue weighted by molar-refractivity contribution is -0.125. The summed E-state index contributed by atoms with van der Waals surface area (Å²) in [6, 6.07) is 7.69. The summed E-state index contributed by atoms with van der Waals surface area (Å²) in [6.45, 7) is 0.412. The monoisotopic (exact) mass is 440 g/mol. The fraction of sp³-hybridized carbons (Fsp3) is 0.273. The van der Waals surface area contributed by atoms with Crippen LogP contribution in [0.15, 0.2) is 24.3 Å². The molecular formula is C11H10BrIN2O2S. The lowest BCUT2D eigenvalue weighted by Gasteiger charge is -2.13. The summed E-state index contributed by atoms with van der Waals surface area (Å²) >= 11 is 6.47. The van der Waals surface area contributed by atoms with Gasteiger partial charge in [-0.15, -0.1) is 0 Å². The summed E-state index contributed by atoms with van der Waals surface area (Å²) in [4.78, 5) is 24.9. The summed E-state index contributed by atoms with van der Waals surface area (Å²) in [5.41, 5.74) is 0.842. The minimum Gasteiger partial charge on any atom is -0.365 e. The molecule has 0 spiro atoms. The van der Waals surface area contributed by atoms with Crippen LogP contribution in [0.2, 0.25) is 0 Å². The number of imide groups is 1. The van der Waals surface area contributed by atoms with Gasteiger partial charge in [-0.1, -0.05) is 15.9 Å². The van der Waals surface area contributed by atoms with Crippen molar-refractivity contribution in [3.05, 3.63) is 27.8 Å². The Balaban J connectivity index is 2.05. The summed E-state index contributed by atoms with van der Waals surface area (Å²) < 4.78 is 1.13. The molecule has 1 saturated heterocycles. The van der Waals surface area contributed by atoms with Crippen molar-refractivity contribution < 1.29 is 9.59 Å². The quantitative estimate of drug-likeness (QED) is 0.577. The molecule has 0 radical (unpaired) electrons. The molecule has 96 valence electrons. The summed E-state index contributed by atoms with van der Waals surface area (Å²) in [7, 11) is 0. The Morgan fingerprint density at radius 3 is 2.61 bits per heavy atom. The van der Waals surface area contributed by atoms with Crippen LogP contribution in [-0.2, 0) is 4.79 Å². The van der Waals surface area contributed by atoms with E-state index in [0.29, 0.717) is 11.9 Å². The van der Waals surface area contributed by atoms with Gasteiger partial charge < -0.3 is 5.32 Å². The van der Waals surface area contributed by atoms with Crippen molar-refractivity contribution in [3.8, 4) is 0 Å². The van der Waals surface area contributed by atoms with E-state index in [0.717, 1.165) is 21.0 Å². The molecule has 1 aliphatic heterocycles. The van der Waals surface area contributed by atoms with Crippen LogP contribution in [0.1, 0.15) is 0 Å². The van der Waals surface area contributed by atoms with Crippen LogP contribution in [0.25, 0.3) is 0 Å². The van der Waals surface area contributed by atoms with Crippen LogP contribution in [0.5, 0.6) is 0 Å². The van der Waals surface area contributed by atoms with Crippen LogP contribution in [-0.4, -0.2) is 33.3 Å². The van der Waals surface area contributed by atoms with Gasteiger partial charge in [0.15, 0.2) is 5.37 Å². The molecule has 0 aliphatic carbocycles. The van der Waals surface area contributed by atoms with Gasteiger partial charge in [-0.3, -0.25) is 14.5 Å². The maximum Gasteiger partial charge on any atom is 0.290 e. The maximum absolute atomic E-state index is 12.0. The minimum absolute atomic E-state index is 0.178. The van der Waals surface area contributed by atoms with Crippen LogP contribution in [0.4, 0.5) is 10.5 Å². The van der Waals surface area contributed by atoms with E-state index in [1.54, 1.807) is 0 Å². The van der Waals surface area contributed by atoms with Gasteiger partial charge in [0.25, 0.3) is 11.1 Å². The highest BCUT2D eigenvalue weighted by molar-refractivity contribution is 14.1. The van der Waals surface area contributed by atoms with Crippen molar-refractivity contribution in [2.75, 3.05) is 17.2 Å². The number of hydrogen-bond donors (Lipinski definition) is 1. The highest BCUT2D eigenvalue weighted by Crippen LogP contribution is 2.28. The molecule has 1 N–H and O–H groups in total. The van der Waals surface area contributed by atoms with Crippen LogP contribution in [0, 0.1) is 3.57 Å². The molecule has 1 atom stereocenters. The van der Waals surface area contributed by atoms with Gasteiger partial charge >= 0.3 is 0 Å². The SMILES string of the molecule is O=C1S[C@@H](Nc2ccc(I)cc2)C(=O)N1CCBr. The normalized spacial score (nSPS) is 19.4. The molecule has 2 rings (SSSR count). The second kappa shape index (κ2) is 6.25. The van der Waals surface area contributed by atoms with Crippen molar-refractivity contribution in [2.45, 2.75) is 5.37 Å².